The molecule has 1 nitrogen and oxygen atoms in total. The van der Waals surface area contributed by atoms with E-state index in [0.29, 0.717) is 12.1 Å². The maximum absolute atomic E-state index is 6.14. The second kappa shape index (κ2) is 7.01. The molecule has 0 saturated carbocycles. The maximum atomic E-state index is 6.14. The average molecular weight is 298 g/mol. The van der Waals surface area contributed by atoms with Crippen LogP contribution in [0, 0.1) is 5.92 Å². The van der Waals surface area contributed by atoms with Gasteiger partial charge >= 0.3 is 0 Å². The van der Waals surface area contributed by atoms with Gasteiger partial charge in [0.15, 0.2) is 0 Å². The van der Waals surface area contributed by atoms with Crippen LogP contribution in [0.3, 0.4) is 0 Å². The van der Waals surface area contributed by atoms with Crippen molar-refractivity contribution in [3.63, 3.8) is 0 Å². The number of benzene rings is 1. The van der Waals surface area contributed by atoms with Crippen molar-refractivity contribution in [3.05, 3.63) is 28.8 Å². The summed E-state index contributed by atoms with van der Waals surface area (Å²) in [5.74, 6) is 1.98. The second-order valence-electron chi connectivity index (χ2n) is 5.91. The Morgan fingerprint density at radius 1 is 1.32 bits per heavy atom. The van der Waals surface area contributed by atoms with Crippen LogP contribution in [0.1, 0.15) is 51.6 Å². The third kappa shape index (κ3) is 4.40. The van der Waals surface area contributed by atoms with Crippen LogP contribution in [0.25, 0.3) is 0 Å². The molecule has 0 aromatic heterocycles. The third-order valence-electron chi connectivity index (χ3n) is 3.67. The topological polar surface area (TPSA) is 12.0 Å². The predicted molar refractivity (Wildman–Crippen MR) is 86.2 cm³/mol. The summed E-state index contributed by atoms with van der Waals surface area (Å²) in [6.07, 6.45) is 3.74. The lowest BCUT2D eigenvalue weighted by Gasteiger charge is -2.29. The fourth-order valence-corrected chi connectivity index (χ4v) is 3.83. The fourth-order valence-electron chi connectivity index (χ4n) is 2.55. The summed E-state index contributed by atoms with van der Waals surface area (Å²) in [4.78, 5) is 1.39. The first-order valence-corrected chi connectivity index (χ1v) is 8.61. The van der Waals surface area contributed by atoms with Crippen molar-refractivity contribution in [3.8, 4) is 0 Å². The molecule has 2 rings (SSSR count). The van der Waals surface area contributed by atoms with Gasteiger partial charge in [-0.1, -0.05) is 25.4 Å². The van der Waals surface area contributed by atoms with E-state index < -0.39 is 0 Å². The lowest BCUT2D eigenvalue weighted by atomic mass is 10.00. The smallest absolute Gasteiger partial charge is 0.0410 e. The highest BCUT2D eigenvalue weighted by Gasteiger charge is 2.22. The van der Waals surface area contributed by atoms with Crippen LogP contribution in [0.15, 0.2) is 23.1 Å². The van der Waals surface area contributed by atoms with Crippen LogP contribution in [0.2, 0.25) is 5.02 Å². The Labute approximate surface area is 126 Å². The molecule has 19 heavy (non-hydrogen) atoms. The van der Waals surface area contributed by atoms with E-state index in [1.165, 1.54) is 35.5 Å². The zero-order chi connectivity index (χ0) is 13.8. The quantitative estimate of drug-likeness (QED) is 0.792. The lowest BCUT2D eigenvalue weighted by Crippen LogP contribution is -2.32. The highest BCUT2D eigenvalue weighted by molar-refractivity contribution is 7.99. The van der Waals surface area contributed by atoms with Crippen molar-refractivity contribution in [2.24, 2.45) is 5.92 Å². The van der Waals surface area contributed by atoms with Gasteiger partial charge in [0, 0.05) is 22.0 Å². The molecular weight excluding hydrogens is 274 g/mol. The van der Waals surface area contributed by atoms with Crippen molar-refractivity contribution >= 4 is 23.4 Å². The van der Waals surface area contributed by atoms with Crippen LogP contribution < -0.4 is 5.32 Å². The largest absolute Gasteiger partial charge is 0.307 e. The van der Waals surface area contributed by atoms with Crippen LogP contribution in [-0.2, 0) is 0 Å². The van der Waals surface area contributed by atoms with Crippen LogP contribution in [-0.4, -0.2) is 11.8 Å². The Kier molecular flexibility index (Phi) is 5.61. The van der Waals surface area contributed by atoms with Crippen molar-refractivity contribution < 1.29 is 0 Å². The van der Waals surface area contributed by atoms with Crippen LogP contribution in [0.5, 0.6) is 0 Å². The van der Waals surface area contributed by atoms with Gasteiger partial charge in [-0.2, -0.15) is 0 Å². The Morgan fingerprint density at radius 2 is 2.11 bits per heavy atom. The van der Waals surface area contributed by atoms with Crippen molar-refractivity contribution in [1.82, 2.24) is 5.32 Å². The molecule has 3 heteroatoms. The zero-order valence-corrected chi connectivity index (χ0v) is 13.7. The van der Waals surface area contributed by atoms with Gasteiger partial charge in [0.05, 0.1) is 0 Å². The molecule has 1 aliphatic heterocycles. The summed E-state index contributed by atoms with van der Waals surface area (Å²) in [5, 5.41) is 4.64. The molecule has 2 unspecified atom stereocenters. The number of hydrogen-bond donors (Lipinski definition) is 1. The number of thioether (sulfide) groups is 1. The number of halogens is 1. The Balaban J connectivity index is 2.00. The molecule has 2 atom stereocenters. The number of rotatable bonds is 5. The van der Waals surface area contributed by atoms with Gasteiger partial charge < -0.3 is 5.32 Å². The summed E-state index contributed by atoms with van der Waals surface area (Å²) >= 11 is 8.09. The summed E-state index contributed by atoms with van der Waals surface area (Å²) in [6.45, 7) is 6.88. The summed E-state index contributed by atoms with van der Waals surface area (Å²) < 4.78 is 0. The zero-order valence-electron chi connectivity index (χ0n) is 12.1. The van der Waals surface area contributed by atoms with E-state index in [1.807, 2.05) is 17.8 Å². The number of fused-ring (bicyclic) bond motifs is 1. The Bertz CT molecular complexity index is 419. The third-order valence-corrected chi connectivity index (χ3v) is 5.03. The van der Waals surface area contributed by atoms with Crippen molar-refractivity contribution in [2.45, 2.75) is 57.0 Å². The molecule has 0 amide bonds. The molecule has 0 radical (unpaired) electrons. The van der Waals surface area contributed by atoms with E-state index in [0.717, 1.165) is 10.9 Å². The minimum Gasteiger partial charge on any atom is -0.307 e. The lowest BCUT2D eigenvalue weighted by molar-refractivity contribution is 0.394. The van der Waals surface area contributed by atoms with E-state index in [1.54, 1.807) is 0 Å². The van der Waals surface area contributed by atoms with Crippen molar-refractivity contribution in [1.29, 1.82) is 0 Å². The Morgan fingerprint density at radius 3 is 2.84 bits per heavy atom. The molecule has 1 aliphatic rings. The molecule has 1 N–H and O–H groups in total. The molecule has 0 spiro atoms. The highest BCUT2D eigenvalue weighted by Crippen LogP contribution is 2.37. The van der Waals surface area contributed by atoms with Gasteiger partial charge in [0.25, 0.3) is 0 Å². The van der Waals surface area contributed by atoms with Crippen molar-refractivity contribution in [2.75, 3.05) is 5.75 Å². The van der Waals surface area contributed by atoms with E-state index in [2.05, 4.69) is 38.2 Å². The molecule has 1 aromatic rings. The average Bonchev–Trinajstić information content (AvgIpc) is 2.37. The SMILES string of the molecule is CC(C)CCC(C)NC1CCSc2ccc(Cl)cc21. The molecule has 0 fully saturated rings. The first-order valence-electron chi connectivity index (χ1n) is 7.24. The standard InChI is InChI=1S/C16H24ClNS/c1-11(2)4-5-12(3)18-15-8-9-19-16-7-6-13(17)10-14(15)16/h6-7,10-12,15,18H,4-5,8-9H2,1-3H3. The maximum Gasteiger partial charge on any atom is 0.0410 e. The van der Waals surface area contributed by atoms with E-state index in [9.17, 15) is 0 Å². The van der Waals surface area contributed by atoms with E-state index in [4.69, 9.17) is 11.6 Å². The minimum absolute atomic E-state index is 0.470. The highest BCUT2D eigenvalue weighted by atomic mass is 35.5. The summed E-state index contributed by atoms with van der Waals surface area (Å²) in [6, 6.07) is 7.34. The minimum atomic E-state index is 0.470. The number of nitrogens with one attached hydrogen (secondary N) is 1. The molecule has 0 saturated heterocycles. The van der Waals surface area contributed by atoms with Crippen LogP contribution >= 0.6 is 23.4 Å². The van der Waals surface area contributed by atoms with E-state index in [-0.39, 0.29) is 0 Å². The van der Waals surface area contributed by atoms with Gasteiger partial charge in [0.2, 0.25) is 0 Å². The Hall–Kier alpha value is -0.180. The van der Waals surface area contributed by atoms with Gasteiger partial charge in [-0.15, -0.1) is 11.8 Å². The monoisotopic (exact) mass is 297 g/mol. The molecule has 0 bridgehead atoms. The summed E-state index contributed by atoms with van der Waals surface area (Å²) in [7, 11) is 0. The normalized spacial score (nSPS) is 20.4. The molecular formula is C16H24ClNS. The molecule has 1 heterocycles. The first kappa shape index (κ1) is 15.2. The van der Waals surface area contributed by atoms with E-state index >= 15 is 0 Å². The molecule has 106 valence electrons. The predicted octanol–water partition coefficient (Wildman–Crippen LogP) is 5.29. The van der Waals surface area contributed by atoms with Gasteiger partial charge in [0.1, 0.15) is 0 Å². The van der Waals surface area contributed by atoms with Gasteiger partial charge in [-0.25, -0.2) is 0 Å². The van der Waals surface area contributed by atoms with Gasteiger partial charge in [-0.3, -0.25) is 0 Å². The second-order valence-corrected chi connectivity index (χ2v) is 7.48. The number of hydrogen-bond acceptors (Lipinski definition) is 2. The fraction of sp³-hybridized carbons (Fsp3) is 0.625. The van der Waals surface area contributed by atoms with Crippen LogP contribution in [0.4, 0.5) is 0 Å². The molecule has 0 aliphatic carbocycles. The van der Waals surface area contributed by atoms with Gasteiger partial charge in [-0.05, 0) is 61.6 Å². The molecule has 1 aromatic carbocycles. The first-order chi connectivity index (χ1) is 9.06. The summed E-state index contributed by atoms with van der Waals surface area (Å²) in [5.41, 5.74) is 1.39.